The van der Waals surface area contributed by atoms with E-state index in [1.54, 1.807) is 6.92 Å². The quantitative estimate of drug-likeness (QED) is 0.394. The average molecular weight is 190 g/mol. The number of nitrogens with two attached hydrogens (primary N) is 3. The first-order chi connectivity index (χ1) is 5.91. The van der Waals surface area contributed by atoms with Crippen LogP contribution in [-0.2, 0) is 4.79 Å². The van der Waals surface area contributed by atoms with E-state index in [0.717, 1.165) is 0 Å². The van der Waals surface area contributed by atoms with Gasteiger partial charge in [-0.3, -0.25) is 9.79 Å². The van der Waals surface area contributed by atoms with Crippen LogP contribution in [0.5, 0.6) is 0 Å². The molecule has 0 aliphatic carbocycles. The maximum absolute atomic E-state index is 10.0. The Bertz CT molecular complexity index is 139. The zero-order valence-electron chi connectivity index (χ0n) is 9.16. The molecule has 0 fully saturated rings. The molecule has 6 N–H and O–H groups in total. The maximum atomic E-state index is 10.0. The van der Waals surface area contributed by atoms with Crippen LogP contribution in [0.4, 0.5) is 0 Å². The third-order valence-electron chi connectivity index (χ3n) is 0.899. The Morgan fingerprint density at radius 2 is 1.46 bits per heavy atom. The fraction of sp³-hybridized carbons (Fsp3) is 0.750. The van der Waals surface area contributed by atoms with Crippen LogP contribution in [0, 0.1) is 0 Å². The lowest BCUT2D eigenvalue weighted by Gasteiger charge is -1.91. The minimum Gasteiger partial charge on any atom is -0.370 e. The van der Waals surface area contributed by atoms with E-state index in [-0.39, 0.29) is 17.8 Å². The van der Waals surface area contributed by atoms with E-state index in [4.69, 9.17) is 17.2 Å². The van der Waals surface area contributed by atoms with Crippen molar-refractivity contribution < 1.29 is 4.79 Å². The topological polar surface area (TPSA) is 107 Å². The van der Waals surface area contributed by atoms with Gasteiger partial charge in [0.25, 0.3) is 0 Å². The van der Waals surface area contributed by atoms with Crippen LogP contribution in [0.1, 0.15) is 27.7 Å². The Labute approximate surface area is 80.4 Å². The van der Waals surface area contributed by atoms with Crippen LogP contribution >= 0.6 is 0 Å². The standard InChI is InChI=1S/C4H9NO.C2H7N3.C2H6/c1-3(5)4(2)6;1-5-2(3)4;1-2/h3H,5H2,1-2H3;1H3,(H4,3,4,5);1-2H3/t3-;;/m1../s1. The second-order valence-corrected chi connectivity index (χ2v) is 2.05. The third kappa shape index (κ3) is 36.0. The summed E-state index contributed by atoms with van der Waals surface area (Å²) < 4.78 is 0. The van der Waals surface area contributed by atoms with Gasteiger partial charge in [-0.2, -0.15) is 0 Å². The van der Waals surface area contributed by atoms with Gasteiger partial charge in [-0.25, -0.2) is 0 Å². The zero-order chi connectivity index (χ0) is 11.4. The molecule has 0 aromatic carbocycles. The number of hydrogen-bond donors (Lipinski definition) is 3. The van der Waals surface area contributed by atoms with Gasteiger partial charge < -0.3 is 17.2 Å². The minimum atomic E-state index is -0.287. The van der Waals surface area contributed by atoms with Crippen LogP contribution in [0.3, 0.4) is 0 Å². The van der Waals surface area contributed by atoms with E-state index < -0.39 is 0 Å². The van der Waals surface area contributed by atoms with E-state index in [1.165, 1.54) is 14.0 Å². The van der Waals surface area contributed by atoms with Gasteiger partial charge in [-0.05, 0) is 13.8 Å². The molecule has 0 unspecified atom stereocenters. The molecule has 0 aromatic rings. The molecule has 5 heteroatoms. The Kier molecular flexibility index (Phi) is 18.5. The second-order valence-electron chi connectivity index (χ2n) is 2.05. The van der Waals surface area contributed by atoms with Gasteiger partial charge in [0.1, 0.15) is 5.78 Å². The van der Waals surface area contributed by atoms with E-state index in [1.807, 2.05) is 13.8 Å². The first-order valence-corrected chi connectivity index (χ1v) is 4.15. The van der Waals surface area contributed by atoms with Crippen molar-refractivity contribution in [2.24, 2.45) is 22.2 Å². The molecule has 0 radical (unpaired) electrons. The average Bonchev–Trinajstić information content (AvgIpc) is 2.09. The Hall–Kier alpha value is -1.10. The Morgan fingerprint density at radius 3 is 1.46 bits per heavy atom. The summed E-state index contributed by atoms with van der Waals surface area (Å²) >= 11 is 0. The predicted octanol–water partition coefficient (Wildman–Crippen LogP) is -0.162. The summed E-state index contributed by atoms with van der Waals surface area (Å²) in [5.41, 5.74) is 14.7. The molecule has 80 valence electrons. The highest BCUT2D eigenvalue weighted by Gasteiger charge is 1.95. The van der Waals surface area contributed by atoms with Crippen molar-refractivity contribution in [2.75, 3.05) is 7.05 Å². The molecule has 0 rings (SSSR count). The molecule has 1 atom stereocenters. The lowest BCUT2D eigenvalue weighted by atomic mass is 10.3. The monoisotopic (exact) mass is 190 g/mol. The van der Waals surface area contributed by atoms with Gasteiger partial charge in [-0.1, -0.05) is 13.8 Å². The van der Waals surface area contributed by atoms with Crippen LogP contribution in [-0.4, -0.2) is 24.8 Å². The largest absolute Gasteiger partial charge is 0.370 e. The lowest BCUT2D eigenvalue weighted by molar-refractivity contribution is -0.117. The smallest absolute Gasteiger partial charge is 0.185 e. The molecule has 0 bridgehead atoms. The van der Waals surface area contributed by atoms with Crippen molar-refractivity contribution in [1.29, 1.82) is 0 Å². The summed E-state index contributed by atoms with van der Waals surface area (Å²) in [6, 6.07) is -0.287. The van der Waals surface area contributed by atoms with Crippen molar-refractivity contribution >= 4 is 11.7 Å². The van der Waals surface area contributed by atoms with Crippen molar-refractivity contribution in [2.45, 2.75) is 33.7 Å². The summed E-state index contributed by atoms with van der Waals surface area (Å²) in [5, 5.41) is 0. The van der Waals surface area contributed by atoms with Gasteiger partial charge in [0, 0.05) is 7.05 Å². The summed E-state index contributed by atoms with van der Waals surface area (Å²) in [7, 11) is 1.54. The molecule has 0 saturated heterocycles. The van der Waals surface area contributed by atoms with E-state index in [2.05, 4.69) is 4.99 Å². The van der Waals surface area contributed by atoms with Gasteiger partial charge in [-0.15, -0.1) is 0 Å². The summed E-state index contributed by atoms with van der Waals surface area (Å²) in [4.78, 5) is 13.4. The molecular weight excluding hydrogens is 168 g/mol. The summed E-state index contributed by atoms with van der Waals surface area (Å²) in [5.74, 6) is 0.167. The van der Waals surface area contributed by atoms with Crippen molar-refractivity contribution in [3.63, 3.8) is 0 Å². The molecule has 0 saturated carbocycles. The summed E-state index contributed by atoms with van der Waals surface area (Å²) in [6.07, 6.45) is 0. The first-order valence-electron chi connectivity index (χ1n) is 4.15. The van der Waals surface area contributed by atoms with Crippen LogP contribution in [0.25, 0.3) is 0 Å². The number of carbonyl (C=O) groups excluding carboxylic acids is 1. The highest BCUT2D eigenvalue weighted by molar-refractivity contribution is 5.80. The number of rotatable bonds is 1. The number of aliphatic imine (C=N–C) groups is 1. The molecule has 0 aliphatic heterocycles. The molecule has 0 aliphatic rings. The molecule has 0 heterocycles. The van der Waals surface area contributed by atoms with Gasteiger partial charge in [0.05, 0.1) is 6.04 Å². The molecule has 0 spiro atoms. The third-order valence-corrected chi connectivity index (χ3v) is 0.899. The number of hydrogen-bond acceptors (Lipinski definition) is 3. The highest BCUT2D eigenvalue weighted by atomic mass is 16.1. The fourth-order valence-electron chi connectivity index (χ4n) is 0. The molecule has 0 aromatic heterocycles. The number of Topliss-reactive ketones (excluding diaryl/α,β-unsaturated/α-hetero) is 1. The number of carbonyl (C=O) groups is 1. The highest BCUT2D eigenvalue weighted by Crippen LogP contribution is 1.72. The Balaban J connectivity index is -0.000000131. The molecule has 13 heavy (non-hydrogen) atoms. The van der Waals surface area contributed by atoms with Gasteiger partial charge >= 0.3 is 0 Å². The number of ketones is 1. The van der Waals surface area contributed by atoms with Crippen molar-refractivity contribution in [3.05, 3.63) is 0 Å². The van der Waals surface area contributed by atoms with E-state index in [9.17, 15) is 4.79 Å². The molecule has 0 amide bonds. The second kappa shape index (κ2) is 13.5. The van der Waals surface area contributed by atoms with E-state index >= 15 is 0 Å². The summed E-state index contributed by atoms with van der Waals surface area (Å²) in [6.45, 7) is 7.15. The maximum Gasteiger partial charge on any atom is 0.185 e. The normalized spacial score (nSPS) is 9.38. The van der Waals surface area contributed by atoms with E-state index in [0.29, 0.717) is 0 Å². The van der Waals surface area contributed by atoms with Crippen LogP contribution in [0.2, 0.25) is 0 Å². The zero-order valence-corrected chi connectivity index (χ0v) is 9.16. The molecular formula is C8H22N4O. The Morgan fingerprint density at radius 1 is 1.31 bits per heavy atom. The first kappa shape index (κ1) is 17.8. The van der Waals surface area contributed by atoms with Crippen LogP contribution in [0.15, 0.2) is 4.99 Å². The van der Waals surface area contributed by atoms with Crippen LogP contribution < -0.4 is 17.2 Å². The fourth-order valence-corrected chi connectivity index (χ4v) is 0. The minimum absolute atomic E-state index is 0.0370. The van der Waals surface area contributed by atoms with Gasteiger partial charge in [0.15, 0.2) is 5.96 Å². The predicted molar refractivity (Wildman–Crippen MR) is 57.4 cm³/mol. The SMILES string of the molecule is CC.CC(=O)[C@@H](C)N.CN=C(N)N. The lowest BCUT2D eigenvalue weighted by Crippen LogP contribution is -2.23. The molecule has 5 nitrogen and oxygen atoms in total. The number of nitrogens with zero attached hydrogens (tertiary/aromatic N) is 1. The number of guanidine groups is 1. The van der Waals surface area contributed by atoms with Gasteiger partial charge in [0.2, 0.25) is 0 Å². The van der Waals surface area contributed by atoms with Crippen molar-refractivity contribution in [1.82, 2.24) is 0 Å². The van der Waals surface area contributed by atoms with Crippen molar-refractivity contribution in [3.8, 4) is 0 Å².